The molecule has 0 aromatic heterocycles. The van der Waals surface area contributed by atoms with Gasteiger partial charge < -0.3 is 16.0 Å². The normalized spacial score (nSPS) is 14.9. The van der Waals surface area contributed by atoms with Crippen molar-refractivity contribution >= 4 is 17.6 Å². The van der Waals surface area contributed by atoms with E-state index in [4.69, 9.17) is 0 Å². The summed E-state index contributed by atoms with van der Waals surface area (Å²) in [6.45, 7) is 3.19. The van der Waals surface area contributed by atoms with Gasteiger partial charge in [0.2, 0.25) is 5.91 Å². The summed E-state index contributed by atoms with van der Waals surface area (Å²) in [6, 6.07) is 7.46. The molecule has 1 aliphatic carbocycles. The molecule has 1 aromatic carbocycles. The second-order valence-electron chi connectivity index (χ2n) is 6.57. The highest BCUT2D eigenvalue weighted by atomic mass is 16.2. The average molecular weight is 331 g/mol. The molecule has 0 radical (unpaired) electrons. The Morgan fingerprint density at radius 3 is 2.67 bits per heavy atom. The van der Waals surface area contributed by atoms with Crippen molar-refractivity contribution in [2.75, 3.05) is 11.9 Å². The van der Waals surface area contributed by atoms with Gasteiger partial charge in [-0.1, -0.05) is 38.3 Å². The van der Waals surface area contributed by atoms with Crippen molar-refractivity contribution in [2.24, 2.45) is 5.92 Å². The third-order valence-corrected chi connectivity index (χ3v) is 4.42. The summed E-state index contributed by atoms with van der Waals surface area (Å²) in [7, 11) is 0. The zero-order chi connectivity index (χ0) is 17.2. The fourth-order valence-electron chi connectivity index (χ4n) is 3.08. The van der Waals surface area contributed by atoms with Crippen molar-refractivity contribution in [2.45, 2.75) is 58.4 Å². The predicted molar refractivity (Wildman–Crippen MR) is 96.8 cm³/mol. The van der Waals surface area contributed by atoms with Gasteiger partial charge in [0.05, 0.1) is 0 Å². The van der Waals surface area contributed by atoms with Gasteiger partial charge in [-0.2, -0.15) is 0 Å². The van der Waals surface area contributed by atoms with Gasteiger partial charge in [-0.15, -0.1) is 0 Å². The number of hydrogen-bond acceptors (Lipinski definition) is 2. The van der Waals surface area contributed by atoms with Crippen LogP contribution >= 0.6 is 0 Å². The third kappa shape index (κ3) is 6.60. The maximum atomic E-state index is 11.9. The molecule has 5 heteroatoms. The number of nitrogens with one attached hydrogen (secondary N) is 3. The molecule has 1 aromatic rings. The Bertz CT molecular complexity index is 539. The lowest BCUT2D eigenvalue weighted by Crippen LogP contribution is -2.38. The molecular formula is C19H29N3O2. The summed E-state index contributed by atoms with van der Waals surface area (Å²) in [4.78, 5) is 23.5. The van der Waals surface area contributed by atoms with E-state index in [0.717, 1.165) is 24.2 Å². The minimum absolute atomic E-state index is 0.0211. The average Bonchev–Trinajstić information content (AvgIpc) is 2.59. The van der Waals surface area contributed by atoms with E-state index in [0.29, 0.717) is 18.9 Å². The van der Waals surface area contributed by atoms with Crippen LogP contribution in [-0.2, 0) is 11.3 Å². The zero-order valence-electron chi connectivity index (χ0n) is 14.6. The van der Waals surface area contributed by atoms with Gasteiger partial charge in [0.1, 0.15) is 0 Å². The fourth-order valence-corrected chi connectivity index (χ4v) is 3.08. The van der Waals surface area contributed by atoms with Gasteiger partial charge >= 0.3 is 6.03 Å². The van der Waals surface area contributed by atoms with Crippen molar-refractivity contribution < 1.29 is 9.59 Å². The van der Waals surface area contributed by atoms with Crippen LogP contribution in [0.5, 0.6) is 0 Å². The number of hydrogen-bond donors (Lipinski definition) is 3. The maximum Gasteiger partial charge on any atom is 0.315 e. The summed E-state index contributed by atoms with van der Waals surface area (Å²) < 4.78 is 0. The van der Waals surface area contributed by atoms with Gasteiger partial charge in [-0.25, -0.2) is 4.79 Å². The Balaban J connectivity index is 1.72. The first-order valence-electron chi connectivity index (χ1n) is 9.08. The molecule has 2 rings (SSSR count). The fraction of sp³-hybridized carbons (Fsp3) is 0.579. The molecule has 3 N–H and O–H groups in total. The standard InChI is InChI=1S/C19H29N3O2/c1-2-7-18(23)22-17-11-6-10-16(12-17)14-21-19(24)20-13-15-8-4-3-5-9-15/h6,10-12,15H,2-5,7-9,13-14H2,1H3,(H,22,23)(H2,20,21,24). The summed E-state index contributed by atoms with van der Waals surface area (Å²) in [6.07, 6.45) is 7.68. The molecule has 1 aliphatic rings. The van der Waals surface area contributed by atoms with Crippen LogP contribution in [0.2, 0.25) is 0 Å². The monoisotopic (exact) mass is 331 g/mol. The molecule has 0 heterocycles. The van der Waals surface area contributed by atoms with Crippen LogP contribution in [0.1, 0.15) is 57.4 Å². The van der Waals surface area contributed by atoms with Crippen LogP contribution in [0.4, 0.5) is 10.5 Å². The summed E-state index contributed by atoms with van der Waals surface area (Å²) in [5, 5.41) is 8.72. The van der Waals surface area contributed by atoms with E-state index < -0.39 is 0 Å². The van der Waals surface area contributed by atoms with E-state index in [1.165, 1.54) is 32.1 Å². The first-order valence-corrected chi connectivity index (χ1v) is 9.08. The maximum absolute atomic E-state index is 11.9. The van der Waals surface area contributed by atoms with Gasteiger partial charge in [-0.3, -0.25) is 4.79 Å². The Labute approximate surface area is 144 Å². The van der Waals surface area contributed by atoms with Crippen LogP contribution in [-0.4, -0.2) is 18.5 Å². The van der Waals surface area contributed by atoms with Crippen LogP contribution in [0.25, 0.3) is 0 Å². The Hall–Kier alpha value is -2.04. The molecule has 1 saturated carbocycles. The van der Waals surface area contributed by atoms with E-state index in [1.807, 2.05) is 31.2 Å². The van der Waals surface area contributed by atoms with Crippen molar-refractivity contribution in [3.63, 3.8) is 0 Å². The van der Waals surface area contributed by atoms with Crippen LogP contribution in [0, 0.1) is 5.92 Å². The Morgan fingerprint density at radius 2 is 1.92 bits per heavy atom. The minimum Gasteiger partial charge on any atom is -0.338 e. The van der Waals surface area contributed by atoms with Gasteiger partial charge in [0.25, 0.3) is 0 Å². The molecule has 0 aliphatic heterocycles. The predicted octanol–water partition coefficient (Wildman–Crippen LogP) is 3.80. The molecule has 132 valence electrons. The second-order valence-corrected chi connectivity index (χ2v) is 6.57. The molecule has 0 unspecified atom stereocenters. The summed E-state index contributed by atoms with van der Waals surface area (Å²) in [5.41, 5.74) is 1.74. The van der Waals surface area contributed by atoms with Crippen LogP contribution in [0.3, 0.4) is 0 Å². The molecule has 1 fully saturated rings. The van der Waals surface area contributed by atoms with Crippen molar-refractivity contribution in [3.05, 3.63) is 29.8 Å². The lowest BCUT2D eigenvalue weighted by atomic mass is 9.89. The van der Waals surface area contributed by atoms with E-state index in [1.54, 1.807) is 0 Å². The molecule has 3 amide bonds. The number of urea groups is 1. The topological polar surface area (TPSA) is 70.2 Å². The van der Waals surface area contributed by atoms with E-state index in [-0.39, 0.29) is 11.9 Å². The largest absolute Gasteiger partial charge is 0.338 e. The Kier molecular flexibility index (Phi) is 7.59. The number of benzene rings is 1. The highest BCUT2D eigenvalue weighted by Crippen LogP contribution is 2.22. The van der Waals surface area contributed by atoms with Crippen molar-refractivity contribution in [3.8, 4) is 0 Å². The highest BCUT2D eigenvalue weighted by molar-refractivity contribution is 5.90. The smallest absolute Gasteiger partial charge is 0.315 e. The minimum atomic E-state index is -0.124. The lowest BCUT2D eigenvalue weighted by molar-refractivity contribution is -0.116. The zero-order valence-corrected chi connectivity index (χ0v) is 14.6. The second kappa shape index (κ2) is 9.96. The van der Waals surface area contributed by atoms with Crippen LogP contribution in [0.15, 0.2) is 24.3 Å². The van der Waals surface area contributed by atoms with E-state index in [2.05, 4.69) is 16.0 Å². The molecule has 0 saturated heterocycles. The first-order chi connectivity index (χ1) is 11.7. The number of carbonyl (C=O) groups is 2. The van der Waals surface area contributed by atoms with Gasteiger partial charge in [0, 0.05) is 25.2 Å². The first kappa shape index (κ1) is 18.3. The molecule has 0 bridgehead atoms. The number of rotatable bonds is 7. The quantitative estimate of drug-likeness (QED) is 0.711. The van der Waals surface area contributed by atoms with Crippen molar-refractivity contribution in [1.82, 2.24) is 10.6 Å². The summed E-state index contributed by atoms with van der Waals surface area (Å²) in [5.74, 6) is 0.648. The van der Waals surface area contributed by atoms with E-state index in [9.17, 15) is 9.59 Å². The van der Waals surface area contributed by atoms with Crippen LogP contribution < -0.4 is 16.0 Å². The van der Waals surface area contributed by atoms with Crippen molar-refractivity contribution in [1.29, 1.82) is 0 Å². The molecule has 0 spiro atoms. The third-order valence-electron chi connectivity index (χ3n) is 4.42. The van der Waals surface area contributed by atoms with Gasteiger partial charge in [0.15, 0.2) is 0 Å². The summed E-state index contributed by atoms with van der Waals surface area (Å²) >= 11 is 0. The molecule has 24 heavy (non-hydrogen) atoms. The molecule has 5 nitrogen and oxygen atoms in total. The van der Waals surface area contributed by atoms with Gasteiger partial charge in [-0.05, 0) is 42.9 Å². The molecular weight excluding hydrogens is 302 g/mol. The van der Waals surface area contributed by atoms with E-state index >= 15 is 0 Å². The molecule has 0 atom stereocenters. The lowest BCUT2D eigenvalue weighted by Gasteiger charge is -2.21. The number of anilines is 1. The Morgan fingerprint density at radius 1 is 1.12 bits per heavy atom. The number of amides is 3. The SMILES string of the molecule is CCCC(=O)Nc1cccc(CNC(=O)NCC2CCCCC2)c1. The highest BCUT2D eigenvalue weighted by Gasteiger charge is 2.14. The number of carbonyl (C=O) groups excluding carboxylic acids is 2.